The van der Waals surface area contributed by atoms with Crippen LogP contribution in [0.1, 0.15) is 252 Å². The number of allylic oxidation sites excluding steroid dienone is 22. The zero-order valence-electron chi connectivity index (χ0n) is 46.9. The molecule has 408 valence electrons. The third-order valence-electron chi connectivity index (χ3n) is 12.2. The molecule has 0 aromatic heterocycles. The lowest BCUT2D eigenvalue weighted by atomic mass is 10.0. The van der Waals surface area contributed by atoms with E-state index in [2.05, 4.69) is 148 Å². The van der Waals surface area contributed by atoms with Gasteiger partial charge in [-0.1, -0.05) is 270 Å². The number of hydrogen-bond donors (Lipinski definition) is 0. The first-order chi connectivity index (χ1) is 35.6. The van der Waals surface area contributed by atoms with Crippen LogP contribution in [0.25, 0.3) is 0 Å². The molecule has 1 atom stereocenters. The summed E-state index contributed by atoms with van der Waals surface area (Å²) in [6.07, 6.45) is 87.8. The molecule has 1 unspecified atom stereocenters. The molecule has 0 saturated heterocycles. The molecular weight excluding hydrogens is 885 g/mol. The number of carbonyl (C=O) groups excluding carboxylic acids is 2. The van der Waals surface area contributed by atoms with Gasteiger partial charge in [0.05, 0.1) is 6.61 Å². The van der Waals surface area contributed by atoms with E-state index in [4.69, 9.17) is 14.2 Å². The van der Waals surface area contributed by atoms with E-state index in [1.165, 1.54) is 103 Å². The van der Waals surface area contributed by atoms with Gasteiger partial charge in [0.2, 0.25) is 0 Å². The summed E-state index contributed by atoms with van der Waals surface area (Å²) in [6, 6.07) is 0. The first-order valence-corrected chi connectivity index (χ1v) is 29.7. The Labute approximate surface area is 445 Å². The Hall–Kier alpha value is -3.96. The first kappa shape index (κ1) is 68.0. The number of carbonyl (C=O) groups is 2. The summed E-state index contributed by atoms with van der Waals surface area (Å²) in [6.45, 7) is 7.43. The molecule has 0 rings (SSSR count). The van der Waals surface area contributed by atoms with Crippen LogP contribution in [-0.2, 0) is 23.8 Å². The normalized spacial score (nSPS) is 13.2. The summed E-state index contributed by atoms with van der Waals surface area (Å²) < 4.78 is 17.4. The fourth-order valence-corrected chi connectivity index (χ4v) is 7.86. The van der Waals surface area contributed by atoms with Crippen LogP contribution in [-0.4, -0.2) is 37.9 Å². The van der Waals surface area contributed by atoms with E-state index in [1.54, 1.807) is 0 Å². The number of rotatable bonds is 53. The van der Waals surface area contributed by atoms with Gasteiger partial charge in [-0.15, -0.1) is 0 Å². The van der Waals surface area contributed by atoms with Crippen molar-refractivity contribution in [2.24, 2.45) is 0 Å². The Morgan fingerprint density at radius 2 is 0.653 bits per heavy atom. The zero-order chi connectivity index (χ0) is 52.0. The highest BCUT2D eigenvalue weighted by molar-refractivity contribution is 5.70. The van der Waals surface area contributed by atoms with E-state index in [9.17, 15) is 9.59 Å². The summed E-state index contributed by atoms with van der Waals surface area (Å²) in [5.74, 6) is -0.519. The van der Waals surface area contributed by atoms with Gasteiger partial charge in [-0.3, -0.25) is 9.59 Å². The molecule has 0 aliphatic carbocycles. The second kappa shape index (κ2) is 61.3. The summed E-state index contributed by atoms with van der Waals surface area (Å²) in [4.78, 5) is 25.5. The molecule has 72 heavy (non-hydrogen) atoms. The minimum absolute atomic E-state index is 0.0214. The SMILES string of the molecule is CC/C=C\C/C=C\C/C=C\C/C=C\C/C=C\C/C=C\CCC(=O)OCC(COCCCC/C=C\C/C=C\C/C=C\C/C=C\C/C=C\CC)OC(=O)CCCCCCCCCCCCCCCCCCCCC. The number of hydrogen-bond acceptors (Lipinski definition) is 5. The molecule has 0 heterocycles. The van der Waals surface area contributed by atoms with Crippen LogP contribution in [0.5, 0.6) is 0 Å². The molecule has 0 spiro atoms. The maximum absolute atomic E-state index is 12.9. The molecule has 0 N–H and O–H groups in total. The van der Waals surface area contributed by atoms with E-state index < -0.39 is 6.10 Å². The third-order valence-corrected chi connectivity index (χ3v) is 12.2. The van der Waals surface area contributed by atoms with Crippen molar-refractivity contribution in [3.05, 3.63) is 134 Å². The van der Waals surface area contributed by atoms with Crippen molar-refractivity contribution in [3.63, 3.8) is 0 Å². The topological polar surface area (TPSA) is 61.8 Å². The first-order valence-electron chi connectivity index (χ1n) is 29.7. The molecular formula is C67H110O5. The lowest BCUT2D eigenvalue weighted by Crippen LogP contribution is -2.30. The van der Waals surface area contributed by atoms with Gasteiger partial charge in [-0.25, -0.2) is 0 Å². The quantitative estimate of drug-likeness (QED) is 0.0345. The van der Waals surface area contributed by atoms with E-state index in [0.717, 1.165) is 109 Å². The van der Waals surface area contributed by atoms with Gasteiger partial charge >= 0.3 is 11.9 Å². The van der Waals surface area contributed by atoms with Gasteiger partial charge < -0.3 is 14.2 Å². The molecule has 0 aliphatic heterocycles. The molecule has 5 nitrogen and oxygen atoms in total. The van der Waals surface area contributed by atoms with E-state index in [1.807, 2.05) is 6.08 Å². The van der Waals surface area contributed by atoms with Crippen LogP contribution in [0.15, 0.2) is 134 Å². The van der Waals surface area contributed by atoms with Crippen molar-refractivity contribution < 1.29 is 23.8 Å². The molecule has 0 fully saturated rings. The average Bonchev–Trinajstić information content (AvgIpc) is 3.38. The van der Waals surface area contributed by atoms with E-state index >= 15 is 0 Å². The highest BCUT2D eigenvalue weighted by Gasteiger charge is 2.17. The summed E-state index contributed by atoms with van der Waals surface area (Å²) in [7, 11) is 0. The number of esters is 2. The Morgan fingerprint density at radius 3 is 1.03 bits per heavy atom. The van der Waals surface area contributed by atoms with Gasteiger partial charge in [-0.05, 0) is 103 Å². The van der Waals surface area contributed by atoms with Crippen molar-refractivity contribution >= 4 is 11.9 Å². The van der Waals surface area contributed by atoms with Crippen molar-refractivity contribution in [1.29, 1.82) is 0 Å². The van der Waals surface area contributed by atoms with Crippen molar-refractivity contribution in [3.8, 4) is 0 Å². The fourth-order valence-electron chi connectivity index (χ4n) is 7.86. The smallest absolute Gasteiger partial charge is 0.306 e. The molecule has 5 heteroatoms. The van der Waals surface area contributed by atoms with Gasteiger partial charge in [0.1, 0.15) is 6.61 Å². The predicted octanol–water partition coefficient (Wildman–Crippen LogP) is 20.7. The Morgan fingerprint density at radius 1 is 0.319 bits per heavy atom. The minimum Gasteiger partial charge on any atom is -0.462 e. The van der Waals surface area contributed by atoms with Crippen LogP contribution in [0.3, 0.4) is 0 Å². The number of unbranched alkanes of at least 4 members (excludes halogenated alkanes) is 20. The van der Waals surface area contributed by atoms with Crippen LogP contribution in [0.2, 0.25) is 0 Å². The highest BCUT2D eigenvalue weighted by Crippen LogP contribution is 2.16. The maximum atomic E-state index is 12.9. The molecule has 0 aromatic carbocycles. The van der Waals surface area contributed by atoms with Crippen molar-refractivity contribution in [1.82, 2.24) is 0 Å². The van der Waals surface area contributed by atoms with Gasteiger partial charge in [-0.2, -0.15) is 0 Å². The zero-order valence-corrected chi connectivity index (χ0v) is 46.9. The standard InChI is InChI=1S/C67H110O5/c1-4-7-10-13-16-19-22-25-28-31-34-36-39-42-45-48-51-54-57-60-66(68)71-64-65(63-70-62-59-56-53-50-47-44-41-38-33-30-27-24-21-18-15-12-9-6-3)72-67(69)61-58-55-52-49-46-43-40-37-35-32-29-26-23-20-17-14-11-8-5-2/h7,9-10,12,16,18-19,21,25,27-28,30,34,36,38,41-42,45,47,50-51,54,65H,4-6,8,11,13-15,17,20,22-24,26,29,31-33,35,37,39-40,43-44,46,48-49,52-53,55-64H2,1-3H3/b10-7-,12-9-,19-16-,21-18-,28-25-,30-27-,36-34-,41-38-,45-42-,50-47-,54-51-. The van der Waals surface area contributed by atoms with E-state index in [0.29, 0.717) is 25.9 Å². The fraction of sp³-hybridized carbons (Fsp3) is 0.642. The highest BCUT2D eigenvalue weighted by atomic mass is 16.6. The Kier molecular flexibility index (Phi) is 58.0. The predicted molar refractivity (Wildman–Crippen MR) is 315 cm³/mol. The molecule has 0 aromatic rings. The molecule has 0 radical (unpaired) electrons. The minimum atomic E-state index is -0.599. The molecule has 0 bridgehead atoms. The average molecular weight is 996 g/mol. The van der Waals surface area contributed by atoms with Gasteiger partial charge in [0.25, 0.3) is 0 Å². The third kappa shape index (κ3) is 58.6. The van der Waals surface area contributed by atoms with Crippen LogP contribution in [0.4, 0.5) is 0 Å². The summed E-state index contributed by atoms with van der Waals surface area (Å²) in [5, 5.41) is 0. The molecule has 0 amide bonds. The lowest BCUT2D eigenvalue weighted by Gasteiger charge is -2.18. The Balaban J connectivity index is 4.47. The second-order valence-electron chi connectivity index (χ2n) is 19.1. The van der Waals surface area contributed by atoms with Gasteiger partial charge in [0.15, 0.2) is 6.10 Å². The van der Waals surface area contributed by atoms with Crippen LogP contribution in [0, 0.1) is 0 Å². The molecule has 0 saturated carbocycles. The second-order valence-corrected chi connectivity index (χ2v) is 19.1. The van der Waals surface area contributed by atoms with Crippen LogP contribution >= 0.6 is 0 Å². The van der Waals surface area contributed by atoms with Crippen molar-refractivity contribution in [2.75, 3.05) is 19.8 Å². The van der Waals surface area contributed by atoms with Crippen LogP contribution < -0.4 is 0 Å². The van der Waals surface area contributed by atoms with E-state index in [-0.39, 0.29) is 25.2 Å². The number of ether oxygens (including phenoxy) is 3. The summed E-state index contributed by atoms with van der Waals surface area (Å²) in [5.41, 5.74) is 0. The largest absolute Gasteiger partial charge is 0.462 e. The summed E-state index contributed by atoms with van der Waals surface area (Å²) >= 11 is 0. The lowest BCUT2D eigenvalue weighted by molar-refractivity contribution is -0.162. The maximum Gasteiger partial charge on any atom is 0.306 e. The monoisotopic (exact) mass is 995 g/mol. The van der Waals surface area contributed by atoms with Gasteiger partial charge in [0, 0.05) is 19.4 Å². The van der Waals surface area contributed by atoms with Crippen molar-refractivity contribution in [2.45, 2.75) is 258 Å². The molecule has 0 aliphatic rings. The Bertz CT molecular complexity index is 1500.